The third kappa shape index (κ3) is 2.23. The van der Waals surface area contributed by atoms with E-state index >= 15 is 0 Å². The van der Waals surface area contributed by atoms with Crippen molar-refractivity contribution in [2.45, 2.75) is 16.3 Å². The molecule has 0 heterocycles. The van der Waals surface area contributed by atoms with Crippen LogP contribution in [0.25, 0.3) is 0 Å². The molecule has 0 aliphatic heterocycles. The predicted octanol–water partition coefficient (Wildman–Crippen LogP) is 1.68. The summed E-state index contributed by atoms with van der Waals surface area (Å²) in [6.07, 6.45) is 0. The van der Waals surface area contributed by atoms with Crippen LogP contribution in [0.1, 0.15) is 5.56 Å². The van der Waals surface area contributed by atoms with Crippen LogP contribution < -0.4 is 5.73 Å². The Balaban J connectivity index is 2.51. The maximum Gasteiger partial charge on any atom is 0.210 e. The third-order valence-corrected chi connectivity index (χ3v) is 4.44. The van der Waals surface area contributed by atoms with Gasteiger partial charge in [0.2, 0.25) is 9.84 Å². The van der Waals surface area contributed by atoms with E-state index < -0.39 is 9.84 Å². The summed E-state index contributed by atoms with van der Waals surface area (Å²) >= 11 is 0. The first-order chi connectivity index (χ1) is 8.55. The highest BCUT2D eigenvalue weighted by molar-refractivity contribution is 7.91. The lowest BCUT2D eigenvalue weighted by atomic mass is 10.2. The van der Waals surface area contributed by atoms with Crippen molar-refractivity contribution in [2.24, 2.45) is 5.73 Å². The Hall–Kier alpha value is -1.85. The molecule has 0 bridgehead atoms. The summed E-state index contributed by atoms with van der Waals surface area (Å²) in [5, 5.41) is 9.61. The number of sulfone groups is 1. The topological polar surface area (TPSA) is 80.4 Å². The molecule has 2 aromatic carbocycles. The van der Waals surface area contributed by atoms with Gasteiger partial charge in [0.1, 0.15) is 10.6 Å². The van der Waals surface area contributed by atoms with Crippen molar-refractivity contribution in [3.63, 3.8) is 0 Å². The lowest BCUT2D eigenvalue weighted by molar-refractivity contribution is 0.459. The largest absolute Gasteiger partial charge is 0.507 e. The van der Waals surface area contributed by atoms with Crippen LogP contribution in [0.15, 0.2) is 58.3 Å². The molecule has 0 fully saturated rings. The molecule has 4 nitrogen and oxygen atoms in total. The second-order valence-electron chi connectivity index (χ2n) is 3.82. The number of phenolic OH excluding ortho intramolecular Hbond substituents is 1. The fourth-order valence-corrected chi connectivity index (χ4v) is 2.97. The number of para-hydroxylation sites is 1. The molecule has 2 aromatic rings. The minimum absolute atomic E-state index is 0.0921. The first kappa shape index (κ1) is 12.6. The maximum absolute atomic E-state index is 12.3. The van der Waals surface area contributed by atoms with E-state index in [-0.39, 0.29) is 15.5 Å². The van der Waals surface area contributed by atoms with Gasteiger partial charge >= 0.3 is 0 Å². The van der Waals surface area contributed by atoms with Crippen molar-refractivity contribution in [3.8, 4) is 5.75 Å². The molecule has 0 aliphatic rings. The second kappa shape index (κ2) is 4.80. The van der Waals surface area contributed by atoms with Gasteiger partial charge in [-0.2, -0.15) is 0 Å². The van der Waals surface area contributed by atoms with Gasteiger partial charge in [0.25, 0.3) is 0 Å². The number of hydrogen-bond acceptors (Lipinski definition) is 4. The minimum atomic E-state index is -3.69. The van der Waals surface area contributed by atoms with Crippen molar-refractivity contribution in [2.75, 3.05) is 0 Å². The molecule has 2 rings (SSSR count). The molecule has 0 aromatic heterocycles. The predicted molar refractivity (Wildman–Crippen MR) is 67.9 cm³/mol. The molecule has 0 aliphatic carbocycles. The van der Waals surface area contributed by atoms with Crippen LogP contribution in [-0.2, 0) is 16.4 Å². The van der Waals surface area contributed by atoms with Crippen molar-refractivity contribution < 1.29 is 13.5 Å². The molecule has 0 saturated carbocycles. The van der Waals surface area contributed by atoms with Crippen molar-refractivity contribution in [1.29, 1.82) is 0 Å². The standard InChI is InChI=1S/C13H13NO3S/c14-9-10-5-7-11(8-6-10)18(16,17)13-4-2-1-3-12(13)15/h1-8,15H,9,14H2. The van der Waals surface area contributed by atoms with E-state index in [9.17, 15) is 13.5 Å². The number of rotatable bonds is 3. The van der Waals surface area contributed by atoms with Gasteiger partial charge in [0.15, 0.2) is 0 Å². The molecule has 0 amide bonds. The summed E-state index contributed by atoms with van der Waals surface area (Å²) in [6.45, 7) is 0.358. The van der Waals surface area contributed by atoms with E-state index in [1.807, 2.05) is 0 Å². The van der Waals surface area contributed by atoms with Crippen LogP contribution in [0.5, 0.6) is 5.75 Å². The average Bonchev–Trinajstić information content (AvgIpc) is 2.39. The summed E-state index contributed by atoms with van der Waals surface area (Å²) in [5.74, 6) is -0.250. The van der Waals surface area contributed by atoms with Crippen molar-refractivity contribution in [3.05, 3.63) is 54.1 Å². The molecule has 0 atom stereocenters. The Morgan fingerprint density at radius 3 is 2.17 bits per heavy atom. The highest BCUT2D eigenvalue weighted by atomic mass is 32.2. The van der Waals surface area contributed by atoms with E-state index in [0.29, 0.717) is 6.54 Å². The first-order valence-corrected chi connectivity index (χ1v) is 6.86. The molecule has 0 spiro atoms. The van der Waals surface area contributed by atoms with Gasteiger partial charge < -0.3 is 10.8 Å². The van der Waals surface area contributed by atoms with E-state index in [1.165, 1.54) is 24.3 Å². The highest BCUT2D eigenvalue weighted by Gasteiger charge is 2.20. The van der Waals surface area contributed by atoms with Gasteiger partial charge in [-0.05, 0) is 29.8 Å². The van der Waals surface area contributed by atoms with Gasteiger partial charge in [-0.3, -0.25) is 0 Å². The smallest absolute Gasteiger partial charge is 0.210 e. The fourth-order valence-electron chi connectivity index (χ4n) is 1.62. The van der Waals surface area contributed by atoms with Gasteiger partial charge in [-0.1, -0.05) is 24.3 Å². The fraction of sp³-hybridized carbons (Fsp3) is 0.0769. The Morgan fingerprint density at radius 1 is 1.00 bits per heavy atom. The Bertz CT molecular complexity index is 648. The van der Waals surface area contributed by atoms with Gasteiger partial charge in [-0.25, -0.2) is 8.42 Å². The maximum atomic E-state index is 12.3. The van der Waals surface area contributed by atoms with Crippen molar-refractivity contribution >= 4 is 9.84 Å². The molecule has 5 heteroatoms. The van der Waals surface area contributed by atoms with Crippen LogP contribution in [0.2, 0.25) is 0 Å². The summed E-state index contributed by atoms with van der Waals surface area (Å²) in [4.78, 5) is 0.0479. The van der Waals surface area contributed by atoms with E-state index in [0.717, 1.165) is 5.56 Å². The Kier molecular flexibility index (Phi) is 3.36. The molecule has 0 saturated heterocycles. The van der Waals surface area contributed by atoms with Crippen LogP contribution in [0.3, 0.4) is 0 Å². The first-order valence-electron chi connectivity index (χ1n) is 5.38. The Morgan fingerprint density at radius 2 is 1.61 bits per heavy atom. The zero-order valence-electron chi connectivity index (χ0n) is 9.58. The summed E-state index contributed by atoms with van der Waals surface area (Å²) in [7, 11) is -3.69. The summed E-state index contributed by atoms with van der Waals surface area (Å²) < 4.78 is 24.5. The minimum Gasteiger partial charge on any atom is -0.507 e. The summed E-state index contributed by atoms with van der Waals surface area (Å²) in [5.41, 5.74) is 6.31. The summed E-state index contributed by atoms with van der Waals surface area (Å²) in [6, 6.07) is 12.2. The number of phenols is 1. The van der Waals surface area contributed by atoms with E-state index in [1.54, 1.807) is 24.3 Å². The molecular weight excluding hydrogens is 250 g/mol. The quantitative estimate of drug-likeness (QED) is 0.883. The SMILES string of the molecule is NCc1ccc(S(=O)(=O)c2ccccc2O)cc1. The average molecular weight is 263 g/mol. The number of benzene rings is 2. The van der Waals surface area contributed by atoms with Crippen LogP contribution >= 0.6 is 0 Å². The molecule has 18 heavy (non-hydrogen) atoms. The number of aromatic hydroxyl groups is 1. The number of hydrogen-bond donors (Lipinski definition) is 2. The van der Waals surface area contributed by atoms with Gasteiger partial charge in [0, 0.05) is 6.54 Å². The van der Waals surface area contributed by atoms with E-state index in [2.05, 4.69) is 0 Å². The zero-order valence-corrected chi connectivity index (χ0v) is 10.4. The zero-order chi connectivity index (χ0) is 13.2. The third-order valence-electron chi connectivity index (χ3n) is 2.62. The van der Waals surface area contributed by atoms with E-state index in [4.69, 9.17) is 5.73 Å². The van der Waals surface area contributed by atoms with Crippen LogP contribution in [0.4, 0.5) is 0 Å². The van der Waals surface area contributed by atoms with Crippen LogP contribution in [0, 0.1) is 0 Å². The van der Waals surface area contributed by atoms with Crippen molar-refractivity contribution in [1.82, 2.24) is 0 Å². The lowest BCUT2D eigenvalue weighted by Crippen LogP contribution is -2.03. The lowest BCUT2D eigenvalue weighted by Gasteiger charge is -2.07. The highest BCUT2D eigenvalue weighted by Crippen LogP contribution is 2.28. The molecular formula is C13H13NO3S. The van der Waals surface area contributed by atoms with Gasteiger partial charge in [-0.15, -0.1) is 0 Å². The monoisotopic (exact) mass is 263 g/mol. The molecule has 94 valence electrons. The normalized spacial score (nSPS) is 11.4. The molecule has 0 unspecified atom stereocenters. The van der Waals surface area contributed by atoms with Gasteiger partial charge in [0.05, 0.1) is 4.90 Å². The molecule has 0 radical (unpaired) electrons. The number of nitrogens with two attached hydrogens (primary N) is 1. The second-order valence-corrected chi connectivity index (χ2v) is 5.74. The molecule has 3 N–H and O–H groups in total. The Labute approximate surface area is 106 Å². The van der Waals surface area contributed by atoms with Crippen LogP contribution in [-0.4, -0.2) is 13.5 Å².